The fourth-order valence-corrected chi connectivity index (χ4v) is 3.62. The van der Waals surface area contributed by atoms with Crippen LogP contribution in [-0.4, -0.2) is 11.9 Å². The zero-order valence-electron chi connectivity index (χ0n) is 10.6. The normalized spacial score (nSPS) is 30.4. The summed E-state index contributed by atoms with van der Waals surface area (Å²) in [5, 5.41) is 14.1. The molecule has 1 N–H and O–H groups in total. The summed E-state index contributed by atoms with van der Waals surface area (Å²) in [6, 6.07) is 7.42. The van der Waals surface area contributed by atoms with Gasteiger partial charge in [0, 0.05) is 21.1 Å². The number of carboxylic acid groups (broad SMARTS) is 1. The lowest BCUT2D eigenvalue weighted by atomic mass is 9.82. The number of anilines is 1. The number of aliphatic carboxylic acids is 1. The van der Waals surface area contributed by atoms with E-state index in [-0.39, 0.29) is 17.7 Å². The lowest BCUT2D eigenvalue weighted by Gasteiger charge is -2.27. The van der Waals surface area contributed by atoms with Gasteiger partial charge >= 0.3 is 0 Å². The van der Waals surface area contributed by atoms with Crippen LogP contribution in [0.3, 0.4) is 0 Å². The average molecular weight is 382 g/mol. The third-order valence-corrected chi connectivity index (χ3v) is 4.87. The summed E-state index contributed by atoms with van der Waals surface area (Å²) in [5.41, 5.74) is 0.694. The maximum absolute atomic E-state index is 12.4. The van der Waals surface area contributed by atoms with Gasteiger partial charge in [0.05, 0.1) is 5.92 Å². The van der Waals surface area contributed by atoms with E-state index in [1.54, 1.807) is 0 Å². The lowest BCUT2D eigenvalue weighted by molar-refractivity contribution is -0.313. The van der Waals surface area contributed by atoms with Gasteiger partial charge in [0.1, 0.15) is 0 Å². The highest BCUT2D eigenvalue weighted by molar-refractivity contribution is 14.1. The first-order valence-electron chi connectivity index (χ1n) is 6.52. The third-order valence-electron chi connectivity index (χ3n) is 4.15. The topological polar surface area (TPSA) is 69.2 Å². The van der Waals surface area contributed by atoms with E-state index in [1.165, 1.54) is 0 Å². The van der Waals surface area contributed by atoms with Crippen molar-refractivity contribution in [3.05, 3.63) is 40.0 Å². The SMILES string of the molecule is O=C([O-])[C@@H]1[C@H](C(=O)Nc2ccc(I)cc2)[C@H]2C=C[C@@H]1C2. The van der Waals surface area contributed by atoms with Crippen LogP contribution in [0, 0.1) is 27.2 Å². The second-order valence-electron chi connectivity index (χ2n) is 5.32. The Morgan fingerprint density at radius 1 is 1.10 bits per heavy atom. The van der Waals surface area contributed by atoms with Gasteiger partial charge < -0.3 is 15.2 Å². The standard InChI is InChI=1S/C15H14INO3/c16-10-3-5-11(6-4-10)17-14(18)12-8-1-2-9(7-8)13(12)15(19)20/h1-6,8-9,12-13H,7H2,(H,17,18)(H,19,20)/p-1/t8-,9+,12+,13-/m0/s1. The fraction of sp³-hybridized carbons (Fsp3) is 0.333. The number of benzene rings is 1. The summed E-state index contributed by atoms with van der Waals surface area (Å²) in [5.74, 6) is -2.60. The molecule has 4 atom stereocenters. The molecule has 3 rings (SSSR count). The first-order chi connectivity index (χ1) is 9.56. The summed E-state index contributed by atoms with van der Waals surface area (Å²) in [4.78, 5) is 23.6. The highest BCUT2D eigenvalue weighted by atomic mass is 127. The van der Waals surface area contributed by atoms with E-state index in [1.807, 2.05) is 36.4 Å². The Hall–Kier alpha value is -1.37. The van der Waals surface area contributed by atoms with E-state index in [2.05, 4.69) is 27.9 Å². The maximum Gasteiger partial charge on any atom is 0.228 e. The first kappa shape index (κ1) is 13.6. The molecule has 0 radical (unpaired) electrons. The molecule has 0 aromatic heterocycles. The van der Waals surface area contributed by atoms with Crippen LogP contribution in [0.2, 0.25) is 0 Å². The van der Waals surface area contributed by atoms with Crippen molar-refractivity contribution in [3.8, 4) is 0 Å². The van der Waals surface area contributed by atoms with Crippen molar-refractivity contribution in [1.29, 1.82) is 0 Å². The van der Waals surface area contributed by atoms with E-state index in [0.717, 1.165) is 9.99 Å². The van der Waals surface area contributed by atoms with E-state index >= 15 is 0 Å². The van der Waals surface area contributed by atoms with Crippen LogP contribution in [0.25, 0.3) is 0 Å². The number of halogens is 1. The number of hydrogen-bond donors (Lipinski definition) is 1. The summed E-state index contributed by atoms with van der Waals surface area (Å²) in [6.07, 6.45) is 4.60. The van der Waals surface area contributed by atoms with Crippen LogP contribution in [-0.2, 0) is 9.59 Å². The molecular formula is C15H13INO3-. The highest BCUT2D eigenvalue weighted by Gasteiger charge is 2.48. The molecule has 0 spiro atoms. The number of rotatable bonds is 3. The first-order valence-corrected chi connectivity index (χ1v) is 7.60. The molecule has 2 aliphatic rings. The minimum absolute atomic E-state index is 0.0201. The predicted octanol–water partition coefficient (Wildman–Crippen LogP) is 1.42. The zero-order chi connectivity index (χ0) is 14.3. The second-order valence-corrected chi connectivity index (χ2v) is 6.56. The molecule has 1 saturated carbocycles. The van der Waals surface area contributed by atoms with Gasteiger partial charge in [-0.05, 0) is 65.1 Å². The van der Waals surface area contributed by atoms with Crippen molar-refractivity contribution in [3.63, 3.8) is 0 Å². The number of carbonyl (C=O) groups is 2. The quantitative estimate of drug-likeness (QED) is 0.635. The molecule has 0 heterocycles. The predicted molar refractivity (Wildman–Crippen MR) is 80.5 cm³/mol. The van der Waals surface area contributed by atoms with Crippen LogP contribution in [0.4, 0.5) is 5.69 Å². The monoisotopic (exact) mass is 382 g/mol. The van der Waals surface area contributed by atoms with Crippen molar-refractivity contribution < 1.29 is 14.7 Å². The van der Waals surface area contributed by atoms with Gasteiger partial charge in [0.25, 0.3) is 0 Å². The fourth-order valence-electron chi connectivity index (χ4n) is 3.26. The molecule has 1 aromatic carbocycles. The van der Waals surface area contributed by atoms with Crippen molar-refractivity contribution in [2.75, 3.05) is 5.32 Å². The molecule has 1 aromatic rings. The summed E-state index contributed by atoms with van der Waals surface area (Å²) >= 11 is 2.19. The number of hydrogen-bond acceptors (Lipinski definition) is 3. The molecule has 0 aliphatic heterocycles. The van der Waals surface area contributed by atoms with Gasteiger partial charge in [-0.25, -0.2) is 0 Å². The zero-order valence-corrected chi connectivity index (χ0v) is 12.7. The summed E-state index contributed by atoms with van der Waals surface area (Å²) in [7, 11) is 0. The molecular weight excluding hydrogens is 369 g/mol. The van der Waals surface area contributed by atoms with Crippen molar-refractivity contribution in [2.45, 2.75) is 6.42 Å². The van der Waals surface area contributed by atoms with Gasteiger partial charge in [0.2, 0.25) is 5.91 Å². The molecule has 4 nitrogen and oxygen atoms in total. The van der Waals surface area contributed by atoms with Crippen LogP contribution < -0.4 is 10.4 Å². The summed E-state index contributed by atoms with van der Waals surface area (Å²) in [6.45, 7) is 0. The number of allylic oxidation sites excluding steroid dienone is 2. The van der Waals surface area contributed by atoms with Gasteiger partial charge in [-0.15, -0.1) is 0 Å². The van der Waals surface area contributed by atoms with Crippen LogP contribution >= 0.6 is 22.6 Å². The molecule has 1 fully saturated rings. The molecule has 2 aliphatic carbocycles. The second kappa shape index (κ2) is 5.20. The largest absolute Gasteiger partial charge is 0.550 e. The van der Waals surface area contributed by atoms with Crippen LogP contribution in [0.5, 0.6) is 0 Å². The Labute approximate surface area is 130 Å². The minimum Gasteiger partial charge on any atom is -0.550 e. The smallest absolute Gasteiger partial charge is 0.228 e. The number of carbonyl (C=O) groups excluding carboxylic acids is 2. The number of carboxylic acids is 1. The molecule has 0 saturated heterocycles. The van der Waals surface area contributed by atoms with Crippen molar-refractivity contribution in [1.82, 2.24) is 0 Å². The molecule has 5 heteroatoms. The molecule has 20 heavy (non-hydrogen) atoms. The van der Waals surface area contributed by atoms with Gasteiger partial charge in [-0.2, -0.15) is 0 Å². The van der Waals surface area contributed by atoms with Gasteiger partial charge in [0.15, 0.2) is 0 Å². The number of nitrogens with one attached hydrogen (secondary N) is 1. The van der Waals surface area contributed by atoms with Crippen molar-refractivity contribution >= 4 is 40.2 Å². The number of amides is 1. The van der Waals surface area contributed by atoms with E-state index in [0.29, 0.717) is 5.69 Å². The Morgan fingerprint density at radius 3 is 2.30 bits per heavy atom. The van der Waals surface area contributed by atoms with E-state index in [9.17, 15) is 14.7 Å². The Morgan fingerprint density at radius 2 is 1.70 bits per heavy atom. The van der Waals surface area contributed by atoms with Gasteiger partial charge in [-0.1, -0.05) is 12.2 Å². The Kier molecular flexibility index (Phi) is 3.54. The average Bonchev–Trinajstić information content (AvgIpc) is 3.01. The molecule has 0 unspecified atom stereocenters. The van der Waals surface area contributed by atoms with Crippen LogP contribution in [0.15, 0.2) is 36.4 Å². The Balaban J connectivity index is 1.78. The third kappa shape index (κ3) is 2.34. The molecule has 1 amide bonds. The van der Waals surface area contributed by atoms with Gasteiger partial charge in [-0.3, -0.25) is 4.79 Å². The van der Waals surface area contributed by atoms with Crippen molar-refractivity contribution in [2.24, 2.45) is 23.7 Å². The maximum atomic E-state index is 12.4. The molecule has 104 valence electrons. The van der Waals surface area contributed by atoms with Crippen LogP contribution in [0.1, 0.15) is 6.42 Å². The summed E-state index contributed by atoms with van der Waals surface area (Å²) < 4.78 is 1.08. The van der Waals surface area contributed by atoms with E-state index < -0.39 is 17.8 Å². The van der Waals surface area contributed by atoms with E-state index in [4.69, 9.17) is 0 Å². The Bertz CT molecular complexity index is 581. The molecule has 2 bridgehead atoms. The lowest BCUT2D eigenvalue weighted by Crippen LogP contribution is -2.42. The highest BCUT2D eigenvalue weighted by Crippen LogP contribution is 2.48. The minimum atomic E-state index is -1.12. The number of fused-ring (bicyclic) bond motifs is 2.